The van der Waals surface area contributed by atoms with E-state index in [4.69, 9.17) is 0 Å². The number of hydrogen-bond donors (Lipinski definition) is 1. The van der Waals surface area contributed by atoms with Gasteiger partial charge in [-0.05, 0) is 70.8 Å². The maximum Gasteiger partial charge on any atom is 0.0326 e. The Morgan fingerprint density at radius 2 is 1.50 bits per heavy atom. The normalized spacial score (nSPS) is 23.8. The molecule has 2 fully saturated rings. The molecule has 1 aliphatic heterocycles. The van der Waals surface area contributed by atoms with E-state index < -0.39 is 0 Å². The summed E-state index contributed by atoms with van der Waals surface area (Å²) in [5, 5.41) is 9.33. The summed E-state index contributed by atoms with van der Waals surface area (Å²) in [5.74, 6) is 0.836. The van der Waals surface area contributed by atoms with Crippen LogP contribution in [-0.2, 0) is 6.54 Å². The predicted molar refractivity (Wildman–Crippen MR) is 135 cm³/mol. The summed E-state index contributed by atoms with van der Waals surface area (Å²) >= 11 is 0. The van der Waals surface area contributed by atoms with Gasteiger partial charge in [-0.15, -0.1) is 0 Å². The molecule has 1 aliphatic carbocycles. The molecule has 162 valence electrons. The first-order chi connectivity index (χ1) is 15.8. The standard InChI is InChI=1S/C30H32N2/c1-21(22-9-3-2-4-10-22)32-26-16-15-25(18-26)30(32)20-31-19-29-27-13-7-5-11-23(27)17-24-12-6-8-14-28(24)29/h2-14,17,21,25-26,30-31H,15-16,18-20H2,1H3/t21-,25+,26-,30-/m0/s1. The van der Waals surface area contributed by atoms with E-state index in [1.807, 2.05) is 0 Å². The van der Waals surface area contributed by atoms with Crippen LogP contribution in [0.5, 0.6) is 0 Å². The third-order valence-corrected chi connectivity index (χ3v) is 8.06. The van der Waals surface area contributed by atoms with Crippen LogP contribution in [0, 0.1) is 5.92 Å². The van der Waals surface area contributed by atoms with Crippen molar-refractivity contribution in [2.45, 2.75) is 50.9 Å². The second-order valence-corrected chi connectivity index (χ2v) is 9.76. The molecule has 2 nitrogen and oxygen atoms in total. The van der Waals surface area contributed by atoms with E-state index in [2.05, 4.69) is 102 Å². The van der Waals surface area contributed by atoms with Crippen LogP contribution in [0.1, 0.15) is 43.4 Å². The van der Waals surface area contributed by atoms with E-state index in [-0.39, 0.29) is 0 Å². The lowest BCUT2D eigenvalue weighted by Gasteiger charge is -2.40. The molecule has 0 amide bonds. The largest absolute Gasteiger partial charge is 0.311 e. The highest BCUT2D eigenvalue weighted by atomic mass is 15.3. The zero-order valence-corrected chi connectivity index (χ0v) is 18.9. The molecule has 0 aromatic heterocycles. The van der Waals surface area contributed by atoms with Crippen LogP contribution < -0.4 is 5.32 Å². The van der Waals surface area contributed by atoms with Gasteiger partial charge in [-0.3, -0.25) is 4.90 Å². The average molecular weight is 421 g/mol. The van der Waals surface area contributed by atoms with Crippen molar-refractivity contribution in [2.75, 3.05) is 6.54 Å². The fourth-order valence-electron chi connectivity index (χ4n) is 6.55. The molecule has 0 spiro atoms. The van der Waals surface area contributed by atoms with Crippen molar-refractivity contribution in [3.05, 3.63) is 96.1 Å². The molecule has 0 unspecified atom stereocenters. The highest BCUT2D eigenvalue weighted by molar-refractivity contribution is 6.02. The van der Waals surface area contributed by atoms with Gasteiger partial charge in [0.15, 0.2) is 0 Å². The van der Waals surface area contributed by atoms with Crippen molar-refractivity contribution in [3.8, 4) is 0 Å². The van der Waals surface area contributed by atoms with Gasteiger partial charge in [-0.1, -0.05) is 78.9 Å². The number of nitrogens with zero attached hydrogens (tertiary/aromatic N) is 1. The van der Waals surface area contributed by atoms with Gasteiger partial charge in [0.05, 0.1) is 0 Å². The zero-order chi connectivity index (χ0) is 21.5. The van der Waals surface area contributed by atoms with Crippen LogP contribution in [0.3, 0.4) is 0 Å². The Morgan fingerprint density at radius 3 is 2.22 bits per heavy atom. The van der Waals surface area contributed by atoms with Gasteiger partial charge in [0.25, 0.3) is 0 Å². The number of benzene rings is 4. The van der Waals surface area contributed by atoms with E-state index in [1.54, 1.807) is 0 Å². The van der Waals surface area contributed by atoms with Gasteiger partial charge in [0.1, 0.15) is 0 Å². The van der Waals surface area contributed by atoms with Crippen molar-refractivity contribution in [1.29, 1.82) is 0 Å². The SMILES string of the molecule is C[C@@H](c1ccccc1)N1[C@H]2CC[C@H](C2)[C@@H]1CNCc1c2ccccc2cc2ccccc12. The van der Waals surface area contributed by atoms with Gasteiger partial charge >= 0.3 is 0 Å². The van der Waals surface area contributed by atoms with Crippen LogP contribution in [0.15, 0.2) is 84.9 Å². The van der Waals surface area contributed by atoms with E-state index >= 15 is 0 Å². The molecular weight excluding hydrogens is 388 g/mol. The molecule has 2 heteroatoms. The summed E-state index contributed by atoms with van der Waals surface area (Å²) < 4.78 is 0. The number of nitrogens with one attached hydrogen (secondary N) is 1. The lowest BCUT2D eigenvalue weighted by Crippen LogP contribution is -2.47. The highest BCUT2D eigenvalue weighted by Crippen LogP contribution is 2.46. The molecule has 1 saturated heterocycles. The Labute approximate surface area is 191 Å². The molecule has 4 aromatic rings. The van der Waals surface area contributed by atoms with Crippen LogP contribution in [-0.4, -0.2) is 23.5 Å². The molecule has 1 heterocycles. The van der Waals surface area contributed by atoms with Crippen molar-refractivity contribution < 1.29 is 0 Å². The number of likely N-dealkylation sites (tertiary alicyclic amines) is 1. The summed E-state index contributed by atoms with van der Waals surface area (Å²) in [6.07, 6.45) is 4.14. The molecule has 1 N–H and O–H groups in total. The Balaban J connectivity index is 1.25. The second kappa shape index (κ2) is 8.35. The van der Waals surface area contributed by atoms with Gasteiger partial charge < -0.3 is 5.32 Å². The lowest BCUT2D eigenvalue weighted by atomic mass is 9.94. The first kappa shape index (κ1) is 20.0. The summed E-state index contributed by atoms with van der Waals surface area (Å²) in [5.41, 5.74) is 2.88. The fourth-order valence-corrected chi connectivity index (χ4v) is 6.55. The first-order valence-corrected chi connectivity index (χ1v) is 12.2. The minimum Gasteiger partial charge on any atom is -0.311 e. The molecule has 0 radical (unpaired) electrons. The van der Waals surface area contributed by atoms with Crippen molar-refractivity contribution >= 4 is 21.5 Å². The molecule has 2 bridgehead atoms. The number of piperidine rings is 1. The molecule has 6 rings (SSSR count). The Morgan fingerprint density at radius 1 is 0.844 bits per heavy atom. The third kappa shape index (κ3) is 3.43. The molecule has 32 heavy (non-hydrogen) atoms. The van der Waals surface area contributed by atoms with Crippen molar-refractivity contribution in [1.82, 2.24) is 10.2 Å². The van der Waals surface area contributed by atoms with E-state index in [9.17, 15) is 0 Å². The van der Waals surface area contributed by atoms with Crippen LogP contribution in [0.4, 0.5) is 0 Å². The Hall–Kier alpha value is -2.68. The zero-order valence-electron chi connectivity index (χ0n) is 18.9. The van der Waals surface area contributed by atoms with Gasteiger partial charge in [-0.2, -0.15) is 0 Å². The second-order valence-electron chi connectivity index (χ2n) is 9.76. The molecule has 4 aromatic carbocycles. The van der Waals surface area contributed by atoms with E-state index in [1.165, 1.54) is 51.9 Å². The van der Waals surface area contributed by atoms with Crippen LogP contribution >= 0.6 is 0 Å². The van der Waals surface area contributed by atoms with Crippen LogP contribution in [0.2, 0.25) is 0 Å². The average Bonchev–Trinajstić information content (AvgIpc) is 3.46. The minimum atomic E-state index is 0.483. The number of hydrogen-bond acceptors (Lipinski definition) is 2. The maximum absolute atomic E-state index is 3.91. The molecular formula is C30H32N2. The topological polar surface area (TPSA) is 15.3 Å². The highest BCUT2D eigenvalue weighted by Gasteiger charge is 2.47. The lowest BCUT2D eigenvalue weighted by molar-refractivity contribution is 0.0927. The summed E-state index contributed by atoms with van der Waals surface area (Å²) in [4.78, 5) is 2.83. The first-order valence-electron chi connectivity index (χ1n) is 12.2. The van der Waals surface area contributed by atoms with Crippen molar-refractivity contribution in [2.24, 2.45) is 5.92 Å². The molecule has 2 aliphatic rings. The smallest absolute Gasteiger partial charge is 0.0326 e. The molecule has 4 atom stereocenters. The molecule has 1 saturated carbocycles. The van der Waals surface area contributed by atoms with Gasteiger partial charge in [-0.25, -0.2) is 0 Å². The van der Waals surface area contributed by atoms with Crippen molar-refractivity contribution in [3.63, 3.8) is 0 Å². The van der Waals surface area contributed by atoms with Gasteiger partial charge in [0, 0.05) is 31.2 Å². The predicted octanol–water partition coefficient (Wildman–Crippen LogP) is 6.70. The quantitative estimate of drug-likeness (QED) is 0.349. The Kier molecular flexibility index (Phi) is 5.21. The van der Waals surface area contributed by atoms with E-state index in [0.717, 1.165) is 25.0 Å². The third-order valence-electron chi connectivity index (χ3n) is 8.06. The van der Waals surface area contributed by atoms with Crippen LogP contribution in [0.25, 0.3) is 21.5 Å². The fraction of sp³-hybridized carbons (Fsp3) is 0.333. The number of rotatable bonds is 6. The monoisotopic (exact) mass is 420 g/mol. The van der Waals surface area contributed by atoms with E-state index in [0.29, 0.717) is 12.1 Å². The number of fused-ring (bicyclic) bond motifs is 4. The summed E-state index contributed by atoms with van der Waals surface area (Å²) in [6.45, 7) is 4.39. The Bertz CT molecular complexity index is 1180. The summed E-state index contributed by atoms with van der Waals surface area (Å²) in [7, 11) is 0. The van der Waals surface area contributed by atoms with Gasteiger partial charge in [0.2, 0.25) is 0 Å². The minimum absolute atomic E-state index is 0.483. The maximum atomic E-state index is 3.91. The summed E-state index contributed by atoms with van der Waals surface area (Å²) in [6, 6.07) is 32.9.